The average Bonchev–Trinajstić information content (AvgIpc) is 3.36. The van der Waals surface area contributed by atoms with Crippen LogP contribution in [0.4, 0.5) is 0 Å². The summed E-state index contributed by atoms with van der Waals surface area (Å²) in [6.07, 6.45) is 0.487. The lowest BCUT2D eigenvalue weighted by Crippen LogP contribution is -2.35. The Morgan fingerprint density at radius 2 is 1.93 bits per heavy atom. The number of aromatic nitrogens is 2. The summed E-state index contributed by atoms with van der Waals surface area (Å²) in [4.78, 5) is 15.3. The smallest absolute Gasteiger partial charge is 0.224 e. The van der Waals surface area contributed by atoms with E-state index in [4.69, 9.17) is 4.74 Å². The molecule has 4 rings (SSSR count). The molecule has 0 aliphatic carbocycles. The summed E-state index contributed by atoms with van der Waals surface area (Å²) < 4.78 is 7.28. The molecule has 6 nitrogen and oxygen atoms in total. The molecule has 3 heterocycles. The summed E-state index contributed by atoms with van der Waals surface area (Å²) in [7, 11) is 1.68. The van der Waals surface area contributed by atoms with Gasteiger partial charge in [-0.1, -0.05) is 12.1 Å². The highest BCUT2D eigenvalue weighted by molar-refractivity contribution is 5.85. The first-order valence-corrected chi connectivity index (χ1v) is 10.1. The van der Waals surface area contributed by atoms with Gasteiger partial charge < -0.3 is 15.0 Å². The molecule has 0 bridgehead atoms. The highest BCUT2D eigenvalue weighted by atomic mass is 35.5. The van der Waals surface area contributed by atoms with E-state index in [9.17, 15) is 4.79 Å². The number of nitrogens with zero attached hydrogens (tertiary/aromatic N) is 3. The van der Waals surface area contributed by atoms with E-state index in [-0.39, 0.29) is 24.4 Å². The van der Waals surface area contributed by atoms with E-state index >= 15 is 0 Å². The molecule has 2 fully saturated rings. The van der Waals surface area contributed by atoms with Crippen LogP contribution in [0, 0.1) is 32.6 Å². The van der Waals surface area contributed by atoms with Crippen molar-refractivity contribution in [3.05, 3.63) is 46.8 Å². The molecule has 1 N–H and O–H groups in total. The van der Waals surface area contributed by atoms with E-state index in [1.807, 2.05) is 23.7 Å². The van der Waals surface area contributed by atoms with E-state index in [0.717, 1.165) is 36.8 Å². The quantitative estimate of drug-likeness (QED) is 0.810. The molecule has 2 saturated heterocycles. The number of carbonyl (C=O) groups is 1. The highest BCUT2D eigenvalue weighted by Gasteiger charge is 2.46. The summed E-state index contributed by atoms with van der Waals surface area (Å²) in [6, 6.07) is 8.34. The maximum Gasteiger partial charge on any atom is 0.224 e. The molecular formula is C22H31ClN4O2. The molecule has 0 spiro atoms. The van der Waals surface area contributed by atoms with Gasteiger partial charge in [-0.05, 0) is 49.9 Å². The van der Waals surface area contributed by atoms with Crippen molar-refractivity contribution in [2.75, 3.05) is 26.7 Å². The molecule has 29 heavy (non-hydrogen) atoms. The maximum absolute atomic E-state index is 13.2. The van der Waals surface area contributed by atoms with Crippen LogP contribution in [0.2, 0.25) is 0 Å². The predicted molar refractivity (Wildman–Crippen MR) is 116 cm³/mol. The van der Waals surface area contributed by atoms with Crippen molar-refractivity contribution in [1.29, 1.82) is 0 Å². The lowest BCUT2D eigenvalue weighted by atomic mass is 9.89. The SMILES string of the molecule is COc1ccc([C@H]2[C@H]3CNC[C@H]3CN2C(=O)CCn2nc(C)c(C)c2C)cc1.Cl. The van der Waals surface area contributed by atoms with Crippen molar-refractivity contribution in [2.24, 2.45) is 11.8 Å². The number of nitrogens with one attached hydrogen (secondary N) is 1. The van der Waals surface area contributed by atoms with Crippen molar-refractivity contribution in [1.82, 2.24) is 20.0 Å². The molecule has 2 aliphatic heterocycles. The summed E-state index contributed by atoms with van der Waals surface area (Å²) in [6.45, 7) is 9.63. The Morgan fingerprint density at radius 3 is 2.55 bits per heavy atom. The summed E-state index contributed by atoms with van der Waals surface area (Å²) in [5, 5.41) is 8.09. The highest BCUT2D eigenvalue weighted by Crippen LogP contribution is 2.43. The molecule has 1 aromatic carbocycles. The topological polar surface area (TPSA) is 59.4 Å². The minimum Gasteiger partial charge on any atom is -0.497 e. The van der Waals surface area contributed by atoms with Gasteiger partial charge in [0.2, 0.25) is 5.91 Å². The Labute approximate surface area is 179 Å². The first-order valence-electron chi connectivity index (χ1n) is 10.1. The zero-order valence-corrected chi connectivity index (χ0v) is 18.5. The Hall–Kier alpha value is -2.05. The first kappa shape index (κ1) is 21.7. The Bertz CT molecular complexity index is 864. The molecule has 7 heteroatoms. The fourth-order valence-corrected chi connectivity index (χ4v) is 4.75. The number of methoxy groups -OCH3 is 1. The van der Waals surface area contributed by atoms with Crippen LogP contribution in [-0.4, -0.2) is 47.3 Å². The van der Waals surface area contributed by atoms with E-state index in [1.165, 1.54) is 11.1 Å². The van der Waals surface area contributed by atoms with Crippen molar-refractivity contribution < 1.29 is 9.53 Å². The van der Waals surface area contributed by atoms with Gasteiger partial charge in [0.1, 0.15) is 5.75 Å². The summed E-state index contributed by atoms with van der Waals surface area (Å²) in [5.74, 6) is 2.08. The van der Waals surface area contributed by atoms with Gasteiger partial charge in [0.05, 0.1) is 18.8 Å². The zero-order chi connectivity index (χ0) is 19.8. The molecule has 0 unspecified atom stereocenters. The second kappa shape index (κ2) is 8.76. The van der Waals surface area contributed by atoms with Crippen LogP contribution in [0.1, 0.15) is 35.0 Å². The number of rotatable bonds is 5. The molecule has 1 aromatic heterocycles. The minimum absolute atomic E-state index is 0. The van der Waals surface area contributed by atoms with E-state index in [2.05, 4.69) is 41.3 Å². The van der Waals surface area contributed by atoms with Crippen LogP contribution in [0.3, 0.4) is 0 Å². The van der Waals surface area contributed by atoms with Crippen LogP contribution < -0.4 is 10.1 Å². The molecule has 0 radical (unpaired) electrons. The second-order valence-corrected chi connectivity index (χ2v) is 8.12. The van der Waals surface area contributed by atoms with Gasteiger partial charge in [0.25, 0.3) is 0 Å². The van der Waals surface area contributed by atoms with Crippen LogP contribution in [-0.2, 0) is 11.3 Å². The van der Waals surface area contributed by atoms with Crippen LogP contribution in [0.25, 0.3) is 0 Å². The van der Waals surface area contributed by atoms with E-state index in [1.54, 1.807) is 7.11 Å². The minimum atomic E-state index is 0. The lowest BCUT2D eigenvalue weighted by molar-refractivity contribution is -0.133. The Balaban J connectivity index is 0.00000240. The number of benzene rings is 1. The number of halogens is 1. The van der Waals surface area contributed by atoms with E-state index < -0.39 is 0 Å². The fraction of sp³-hybridized carbons (Fsp3) is 0.545. The molecule has 1 amide bonds. The standard InChI is InChI=1S/C22H30N4O2.ClH/c1-14-15(2)24-26(16(14)3)10-9-21(27)25-13-18-11-23-12-20(18)22(25)17-5-7-19(28-4)8-6-17;/h5-8,18,20,22-23H,9-13H2,1-4H3;1H/t18-,20-,22-;/m0./s1. The van der Waals surface area contributed by atoms with Gasteiger partial charge in [0.15, 0.2) is 0 Å². The summed E-state index contributed by atoms with van der Waals surface area (Å²) in [5.41, 5.74) is 4.61. The third kappa shape index (κ3) is 4.01. The molecule has 2 aromatic rings. The van der Waals surface area contributed by atoms with Crippen LogP contribution in [0.5, 0.6) is 5.75 Å². The normalized spacial score (nSPS) is 23.0. The second-order valence-electron chi connectivity index (χ2n) is 8.12. The number of hydrogen-bond acceptors (Lipinski definition) is 4. The molecule has 2 aliphatic rings. The molecule has 0 saturated carbocycles. The van der Waals surface area contributed by atoms with Gasteiger partial charge in [-0.25, -0.2) is 0 Å². The van der Waals surface area contributed by atoms with Gasteiger partial charge in [-0.2, -0.15) is 5.10 Å². The number of carbonyl (C=O) groups excluding carboxylic acids is 1. The van der Waals surface area contributed by atoms with Crippen molar-refractivity contribution in [2.45, 2.75) is 39.8 Å². The van der Waals surface area contributed by atoms with Gasteiger partial charge in [-0.15, -0.1) is 12.4 Å². The third-order valence-electron chi connectivity index (χ3n) is 6.62. The van der Waals surface area contributed by atoms with Crippen LogP contribution in [0.15, 0.2) is 24.3 Å². The van der Waals surface area contributed by atoms with Crippen molar-refractivity contribution >= 4 is 18.3 Å². The van der Waals surface area contributed by atoms with Gasteiger partial charge >= 0.3 is 0 Å². The average molecular weight is 419 g/mol. The number of aryl methyl sites for hydroxylation is 2. The summed E-state index contributed by atoms with van der Waals surface area (Å²) >= 11 is 0. The van der Waals surface area contributed by atoms with Crippen molar-refractivity contribution in [3.63, 3.8) is 0 Å². The largest absolute Gasteiger partial charge is 0.497 e. The van der Waals surface area contributed by atoms with Gasteiger partial charge in [0, 0.05) is 44.2 Å². The lowest BCUT2D eigenvalue weighted by Gasteiger charge is -2.28. The van der Waals surface area contributed by atoms with Gasteiger partial charge in [-0.3, -0.25) is 9.48 Å². The number of fused-ring (bicyclic) bond motifs is 1. The first-order chi connectivity index (χ1) is 13.5. The number of likely N-dealkylation sites (tertiary alicyclic amines) is 1. The number of ether oxygens (including phenoxy) is 1. The molecule has 3 atom stereocenters. The monoisotopic (exact) mass is 418 g/mol. The fourth-order valence-electron chi connectivity index (χ4n) is 4.75. The Kier molecular flexibility index (Phi) is 6.54. The van der Waals surface area contributed by atoms with Crippen molar-refractivity contribution in [3.8, 4) is 5.75 Å². The maximum atomic E-state index is 13.2. The third-order valence-corrected chi connectivity index (χ3v) is 6.62. The Morgan fingerprint density at radius 1 is 1.21 bits per heavy atom. The van der Waals surface area contributed by atoms with Crippen LogP contribution >= 0.6 is 12.4 Å². The predicted octanol–water partition coefficient (Wildman–Crippen LogP) is 3.05. The van der Waals surface area contributed by atoms with E-state index in [0.29, 0.717) is 24.8 Å². The zero-order valence-electron chi connectivity index (χ0n) is 17.6. The molecule has 158 valence electrons. The number of hydrogen-bond donors (Lipinski definition) is 1. The number of amides is 1. The molecular weight excluding hydrogens is 388 g/mol.